The molecule has 0 bridgehead atoms. The molecule has 1 saturated carbocycles. The average molecular weight is 354 g/mol. The van der Waals surface area contributed by atoms with Gasteiger partial charge in [0.05, 0.1) is 12.2 Å². The van der Waals surface area contributed by atoms with Crippen LogP contribution in [0, 0.1) is 0 Å². The zero-order chi connectivity index (χ0) is 14.9. The maximum Gasteiger partial charge on any atom is 0.125 e. The highest BCUT2D eigenvalue weighted by Gasteiger charge is 2.39. The number of halogens is 1. The third-order valence-corrected chi connectivity index (χ3v) is 5.47. The van der Waals surface area contributed by atoms with Crippen molar-refractivity contribution >= 4 is 15.9 Å². The smallest absolute Gasteiger partial charge is 0.125 e. The van der Waals surface area contributed by atoms with Crippen molar-refractivity contribution in [2.24, 2.45) is 0 Å². The molecule has 3 rings (SSSR count). The maximum atomic E-state index is 5.85. The van der Waals surface area contributed by atoms with Crippen LogP contribution in [0.1, 0.15) is 36.8 Å². The molecular weight excluding hydrogens is 330 g/mol. The first-order valence-electron chi connectivity index (χ1n) is 7.82. The molecule has 3 nitrogen and oxygen atoms in total. The van der Waals surface area contributed by atoms with E-state index in [1.807, 2.05) is 14.2 Å². The molecular formula is C17H24BrNO2. The lowest BCUT2D eigenvalue weighted by atomic mass is 9.75. The van der Waals surface area contributed by atoms with E-state index in [1.54, 1.807) is 0 Å². The largest absolute Gasteiger partial charge is 0.493 e. The van der Waals surface area contributed by atoms with E-state index in [-0.39, 0.29) is 5.60 Å². The van der Waals surface area contributed by atoms with E-state index in [0.717, 1.165) is 36.1 Å². The Morgan fingerprint density at radius 2 is 2.24 bits per heavy atom. The van der Waals surface area contributed by atoms with Crippen LogP contribution in [0.4, 0.5) is 0 Å². The van der Waals surface area contributed by atoms with Crippen LogP contribution in [0.15, 0.2) is 16.6 Å². The molecule has 21 heavy (non-hydrogen) atoms. The number of likely N-dealkylation sites (N-methyl/N-ethyl adjacent to an activating group) is 1. The Bertz CT molecular complexity index is 508. The summed E-state index contributed by atoms with van der Waals surface area (Å²) in [5.41, 5.74) is 2.74. The van der Waals surface area contributed by atoms with Gasteiger partial charge in [-0.25, -0.2) is 0 Å². The standard InChI is InChI=1S/C17H24BrNO2/c1-19-15(11-17(20-2)5-3-6-17)10-13-9-14(18)8-12-4-7-21-16(12)13/h8-9,15,19H,3-7,10-11H2,1-2H3. The van der Waals surface area contributed by atoms with Crippen molar-refractivity contribution in [3.8, 4) is 5.75 Å². The molecule has 1 atom stereocenters. The molecule has 1 aliphatic heterocycles. The average Bonchev–Trinajstić information content (AvgIpc) is 2.89. The van der Waals surface area contributed by atoms with Crippen LogP contribution in [0.5, 0.6) is 5.75 Å². The first kappa shape index (κ1) is 15.3. The fourth-order valence-corrected chi connectivity index (χ4v) is 4.10. The van der Waals surface area contributed by atoms with E-state index < -0.39 is 0 Å². The van der Waals surface area contributed by atoms with Crippen LogP contribution in [0.3, 0.4) is 0 Å². The van der Waals surface area contributed by atoms with Gasteiger partial charge < -0.3 is 14.8 Å². The third-order valence-electron chi connectivity index (χ3n) is 5.02. The van der Waals surface area contributed by atoms with Crippen molar-refractivity contribution in [3.63, 3.8) is 0 Å². The highest BCUT2D eigenvalue weighted by molar-refractivity contribution is 9.10. The van der Waals surface area contributed by atoms with Crippen molar-refractivity contribution in [1.82, 2.24) is 5.32 Å². The van der Waals surface area contributed by atoms with E-state index >= 15 is 0 Å². The Hall–Kier alpha value is -0.580. The third kappa shape index (κ3) is 3.13. The fourth-order valence-electron chi connectivity index (χ4n) is 3.55. The molecule has 0 radical (unpaired) electrons. The van der Waals surface area contributed by atoms with Crippen molar-refractivity contribution in [3.05, 3.63) is 27.7 Å². The second kappa shape index (κ2) is 6.27. The van der Waals surface area contributed by atoms with Gasteiger partial charge in [-0.05, 0) is 62.4 Å². The van der Waals surface area contributed by atoms with Crippen LogP contribution in [0.2, 0.25) is 0 Å². The van der Waals surface area contributed by atoms with E-state index in [2.05, 4.69) is 33.4 Å². The maximum absolute atomic E-state index is 5.85. The molecule has 116 valence electrons. The summed E-state index contributed by atoms with van der Waals surface area (Å²) in [7, 11) is 3.90. The van der Waals surface area contributed by atoms with E-state index in [1.165, 1.54) is 30.4 Å². The number of methoxy groups -OCH3 is 1. The first-order chi connectivity index (χ1) is 10.2. The van der Waals surface area contributed by atoms with E-state index in [9.17, 15) is 0 Å². The lowest BCUT2D eigenvalue weighted by molar-refractivity contribution is -0.0830. The predicted octanol–water partition coefficient (Wildman–Crippen LogP) is 3.47. The Kier molecular flexibility index (Phi) is 4.57. The molecule has 0 aromatic heterocycles. The minimum Gasteiger partial charge on any atom is -0.493 e. The highest BCUT2D eigenvalue weighted by atomic mass is 79.9. The molecule has 2 aliphatic rings. The van der Waals surface area contributed by atoms with Gasteiger partial charge in [0.1, 0.15) is 5.75 Å². The summed E-state index contributed by atoms with van der Waals surface area (Å²) in [5.74, 6) is 1.11. The summed E-state index contributed by atoms with van der Waals surface area (Å²) in [6, 6.07) is 4.81. The van der Waals surface area contributed by atoms with Gasteiger partial charge in [-0.15, -0.1) is 0 Å². The second-order valence-corrected chi connectivity index (χ2v) is 7.20. The molecule has 1 unspecified atom stereocenters. The topological polar surface area (TPSA) is 30.5 Å². The molecule has 0 spiro atoms. The lowest BCUT2D eigenvalue weighted by Crippen LogP contribution is -2.45. The van der Waals surface area contributed by atoms with Crippen molar-refractivity contribution in [2.75, 3.05) is 20.8 Å². The Labute approximate surface area is 135 Å². The zero-order valence-electron chi connectivity index (χ0n) is 12.9. The fraction of sp³-hybridized carbons (Fsp3) is 0.647. The molecule has 1 aliphatic carbocycles. The van der Waals surface area contributed by atoms with Crippen LogP contribution in [0.25, 0.3) is 0 Å². The first-order valence-corrected chi connectivity index (χ1v) is 8.61. The van der Waals surface area contributed by atoms with Crippen LogP contribution in [-0.4, -0.2) is 32.4 Å². The zero-order valence-corrected chi connectivity index (χ0v) is 14.5. The quantitative estimate of drug-likeness (QED) is 0.849. The molecule has 1 heterocycles. The van der Waals surface area contributed by atoms with E-state index in [4.69, 9.17) is 9.47 Å². The predicted molar refractivity (Wildman–Crippen MR) is 88.1 cm³/mol. The number of fused-ring (bicyclic) bond motifs is 1. The molecule has 1 aromatic rings. The summed E-state index contributed by atoms with van der Waals surface area (Å²) in [4.78, 5) is 0. The SMILES string of the molecule is CNC(Cc1cc(Br)cc2c1OCC2)CC1(OC)CCC1. The van der Waals surface area contributed by atoms with Gasteiger partial charge in [0.2, 0.25) is 0 Å². The van der Waals surface area contributed by atoms with Crippen LogP contribution >= 0.6 is 15.9 Å². The molecule has 0 saturated heterocycles. The van der Waals surface area contributed by atoms with Gasteiger partial charge in [0.25, 0.3) is 0 Å². The van der Waals surface area contributed by atoms with Gasteiger partial charge in [-0.1, -0.05) is 15.9 Å². The van der Waals surface area contributed by atoms with Crippen LogP contribution in [-0.2, 0) is 17.6 Å². The van der Waals surface area contributed by atoms with Crippen LogP contribution < -0.4 is 10.1 Å². The number of rotatable bonds is 6. The van der Waals surface area contributed by atoms with Gasteiger partial charge >= 0.3 is 0 Å². The summed E-state index contributed by atoms with van der Waals surface area (Å²) >= 11 is 3.63. The molecule has 0 amide bonds. The summed E-state index contributed by atoms with van der Waals surface area (Å²) < 4.78 is 12.8. The monoisotopic (exact) mass is 353 g/mol. The molecule has 1 aromatic carbocycles. The van der Waals surface area contributed by atoms with Crippen molar-refractivity contribution in [1.29, 1.82) is 0 Å². The minimum absolute atomic E-state index is 0.101. The summed E-state index contributed by atoms with van der Waals surface area (Å²) in [6.45, 7) is 0.811. The Morgan fingerprint density at radius 1 is 1.43 bits per heavy atom. The van der Waals surface area contributed by atoms with E-state index in [0.29, 0.717) is 6.04 Å². The van der Waals surface area contributed by atoms with Gasteiger partial charge in [-0.3, -0.25) is 0 Å². The van der Waals surface area contributed by atoms with Gasteiger partial charge in [0.15, 0.2) is 0 Å². The highest BCUT2D eigenvalue weighted by Crippen LogP contribution is 2.40. The molecule has 1 fully saturated rings. The second-order valence-electron chi connectivity index (χ2n) is 6.29. The molecule has 1 N–H and O–H groups in total. The lowest BCUT2D eigenvalue weighted by Gasteiger charge is -2.43. The van der Waals surface area contributed by atoms with Crippen molar-refractivity contribution < 1.29 is 9.47 Å². The number of nitrogens with one attached hydrogen (secondary N) is 1. The number of benzene rings is 1. The Balaban J connectivity index is 1.75. The Morgan fingerprint density at radius 3 is 2.86 bits per heavy atom. The number of hydrogen-bond acceptors (Lipinski definition) is 3. The normalized spacial score (nSPS) is 20.5. The minimum atomic E-state index is 0.101. The number of ether oxygens (including phenoxy) is 2. The number of hydrogen-bond donors (Lipinski definition) is 1. The molecule has 4 heteroatoms. The summed E-state index contributed by atoms with van der Waals surface area (Å²) in [5, 5.41) is 3.47. The van der Waals surface area contributed by atoms with Gasteiger partial charge in [0, 0.05) is 24.0 Å². The summed E-state index contributed by atoms with van der Waals surface area (Å²) in [6.07, 6.45) is 6.75. The van der Waals surface area contributed by atoms with Gasteiger partial charge in [-0.2, -0.15) is 0 Å². The van der Waals surface area contributed by atoms with Crippen molar-refractivity contribution in [2.45, 2.75) is 50.2 Å².